The van der Waals surface area contributed by atoms with Gasteiger partial charge < -0.3 is 4.74 Å². The number of methoxy groups -OCH3 is 1. The summed E-state index contributed by atoms with van der Waals surface area (Å²) in [5.41, 5.74) is 2.58. The molecule has 0 radical (unpaired) electrons. The fourth-order valence-electron chi connectivity index (χ4n) is 3.24. The number of benzene rings is 2. The normalized spacial score (nSPS) is 11.1. The molecule has 0 aliphatic carbocycles. The van der Waals surface area contributed by atoms with Crippen LogP contribution in [0.25, 0.3) is 22.4 Å². The average Bonchev–Trinajstić information content (AvgIpc) is 2.80. The molecule has 0 atom stereocenters. The summed E-state index contributed by atoms with van der Waals surface area (Å²) in [6, 6.07) is 15.6. The Bertz CT molecular complexity index is 1370. The predicted molar refractivity (Wildman–Crippen MR) is 123 cm³/mol. The number of ether oxygens (including phenoxy) is 1. The molecule has 8 heteroatoms. The summed E-state index contributed by atoms with van der Waals surface area (Å²) < 4.78 is 7.71. The summed E-state index contributed by atoms with van der Waals surface area (Å²) >= 11 is 1.46. The molecule has 2 aromatic carbocycles. The molecule has 0 bridgehead atoms. The SMILES string of the molecule is COc1ccc(-c2nc(SCc3ccc(C)cc3)c3c(=O)n(C)c(=O)n(C)c3n2)cc1. The molecule has 0 saturated carbocycles. The van der Waals surface area contributed by atoms with Crippen LogP contribution in [0.1, 0.15) is 11.1 Å². The second kappa shape index (κ2) is 8.39. The zero-order valence-electron chi connectivity index (χ0n) is 17.7. The van der Waals surface area contributed by atoms with Crippen LogP contribution < -0.4 is 16.0 Å². The van der Waals surface area contributed by atoms with Crippen LogP contribution in [0.4, 0.5) is 0 Å². The van der Waals surface area contributed by atoms with Crippen molar-refractivity contribution in [1.29, 1.82) is 0 Å². The molecule has 2 aromatic heterocycles. The van der Waals surface area contributed by atoms with Gasteiger partial charge in [0, 0.05) is 25.4 Å². The number of fused-ring (bicyclic) bond motifs is 1. The molecule has 31 heavy (non-hydrogen) atoms. The standard InChI is InChI=1S/C23H22N4O3S/c1-14-5-7-15(8-6-14)13-31-21-18-20(26(2)23(29)27(3)22(18)28)24-19(25-21)16-9-11-17(30-4)12-10-16/h5-12H,13H2,1-4H3. The lowest BCUT2D eigenvalue weighted by Gasteiger charge is -2.12. The highest BCUT2D eigenvalue weighted by molar-refractivity contribution is 7.98. The first-order valence-corrected chi connectivity index (χ1v) is 10.7. The van der Waals surface area contributed by atoms with Gasteiger partial charge in [-0.05, 0) is 36.8 Å². The van der Waals surface area contributed by atoms with Crippen LogP contribution in [0.5, 0.6) is 5.75 Å². The lowest BCUT2D eigenvalue weighted by atomic mass is 10.2. The summed E-state index contributed by atoms with van der Waals surface area (Å²) in [6.45, 7) is 2.04. The molecule has 4 aromatic rings. The quantitative estimate of drug-likeness (QED) is 0.354. The minimum Gasteiger partial charge on any atom is -0.497 e. The van der Waals surface area contributed by atoms with Crippen molar-refractivity contribution in [3.05, 3.63) is 80.5 Å². The minimum absolute atomic E-state index is 0.320. The molecule has 0 amide bonds. The van der Waals surface area contributed by atoms with Gasteiger partial charge >= 0.3 is 5.69 Å². The molecule has 2 heterocycles. The third kappa shape index (κ3) is 3.98. The van der Waals surface area contributed by atoms with E-state index in [4.69, 9.17) is 9.72 Å². The number of aromatic nitrogens is 4. The number of nitrogens with zero attached hydrogens (tertiary/aromatic N) is 4. The van der Waals surface area contributed by atoms with Gasteiger partial charge in [0.15, 0.2) is 11.5 Å². The van der Waals surface area contributed by atoms with Crippen molar-refractivity contribution in [3.63, 3.8) is 0 Å². The van der Waals surface area contributed by atoms with Crippen LogP contribution in [0, 0.1) is 6.92 Å². The third-order valence-corrected chi connectivity index (χ3v) is 6.16. The smallest absolute Gasteiger partial charge is 0.332 e. The van der Waals surface area contributed by atoms with Gasteiger partial charge in [-0.3, -0.25) is 13.9 Å². The van der Waals surface area contributed by atoms with E-state index in [2.05, 4.69) is 29.2 Å². The van der Waals surface area contributed by atoms with Crippen LogP contribution in [0.3, 0.4) is 0 Å². The lowest BCUT2D eigenvalue weighted by Crippen LogP contribution is -2.37. The Labute approximate surface area is 183 Å². The Hall–Kier alpha value is -3.39. The Morgan fingerprint density at radius 3 is 2.26 bits per heavy atom. The van der Waals surface area contributed by atoms with Gasteiger partial charge in [0.05, 0.1) is 7.11 Å². The molecule has 4 rings (SSSR count). The fraction of sp³-hybridized carbons (Fsp3) is 0.217. The molecule has 0 N–H and O–H groups in total. The van der Waals surface area contributed by atoms with Crippen molar-refractivity contribution in [3.8, 4) is 17.1 Å². The summed E-state index contributed by atoms with van der Waals surface area (Å²) in [4.78, 5) is 34.7. The Balaban J connectivity index is 1.89. The fourth-order valence-corrected chi connectivity index (χ4v) is 4.21. The first kappa shape index (κ1) is 20.9. The van der Waals surface area contributed by atoms with Crippen molar-refractivity contribution in [2.45, 2.75) is 17.7 Å². The van der Waals surface area contributed by atoms with Crippen LogP contribution in [0.15, 0.2) is 63.1 Å². The van der Waals surface area contributed by atoms with E-state index in [1.54, 1.807) is 14.2 Å². The van der Waals surface area contributed by atoms with E-state index in [0.717, 1.165) is 21.4 Å². The van der Waals surface area contributed by atoms with Gasteiger partial charge in [0.25, 0.3) is 5.56 Å². The first-order valence-electron chi connectivity index (χ1n) is 9.69. The zero-order chi connectivity index (χ0) is 22.1. The molecule has 158 valence electrons. The third-order valence-electron chi connectivity index (χ3n) is 5.11. The molecular weight excluding hydrogens is 412 g/mol. The molecule has 7 nitrogen and oxygen atoms in total. The molecule has 0 aliphatic heterocycles. The number of hydrogen-bond acceptors (Lipinski definition) is 6. The van der Waals surface area contributed by atoms with Crippen LogP contribution in [-0.4, -0.2) is 26.2 Å². The van der Waals surface area contributed by atoms with Gasteiger partial charge in [-0.15, -0.1) is 11.8 Å². The highest BCUT2D eigenvalue weighted by Crippen LogP contribution is 2.29. The molecule has 0 aliphatic rings. The Morgan fingerprint density at radius 1 is 0.935 bits per heavy atom. The maximum atomic E-state index is 12.9. The zero-order valence-corrected chi connectivity index (χ0v) is 18.6. The van der Waals surface area contributed by atoms with Gasteiger partial charge in [-0.2, -0.15) is 0 Å². The summed E-state index contributed by atoms with van der Waals surface area (Å²) in [7, 11) is 4.69. The maximum absolute atomic E-state index is 12.9. The maximum Gasteiger partial charge on any atom is 0.332 e. The monoisotopic (exact) mass is 434 g/mol. The summed E-state index contributed by atoms with van der Waals surface area (Å²) in [5.74, 6) is 1.81. The minimum atomic E-state index is -0.425. The lowest BCUT2D eigenvalue weighted by molar-refractivity contribution is 0.415. The number of aryl methyl sites for hydroxylation is 2. The van der Waals surface area contributed by atoms with E-state index >= 15 is 0 Å². The second-order valence-corrected chi connectivity index (χ2v) is 8.22. The van der Waals surface area contributed by atoms with Gasteiger partial charge in [0.2, 0.25) is 0 Å². The van der Waals surface area contributed by atoms with E-state index in [-0.39, 0.29) is 0 Å². The van der Waals surface area contributed by atoms with Crippen molar-refractivity contribution in [2.75, 3.05) is 7.11 Å². The van der Waals surface area contributed by atoms with Gasteiger partial charge in [-0.1, -0.05) is 29.8 Å². The molecule has 0 unspecified atom stereocenters. The summed E-state index contributed by atoms with van der Waals surface area (Å²) in [5, 5.41) is 0.895. The van der Waals surface area contributed by atoms with E-state index in [1.807, 2.05) is 31.2 Å². The summed E-state index contributed by atoms with van der Waals surface area (Å²) in [6.07, 6.45) is 0. The molecule has 0 saturated heterocycles. The topological polar surface area (TPSA) is 79.0 Å². The second-order valence-electron chi connectivity index (χ2n) is 7.26. The first-order chi connectivity index (χ1) is 14.9. The van der Waals surface area contributed by atoms with E-state index in [0.29, 0.717) is 27.6 Å². The van der Waals surface area contributed by atoms with Crippen LogP contribution in [0.2, 0.25) is 0 Å². The molecule has 0 spiro atoms. The van der Waals surface area contributed by atoms with Gasteiger partial charge in [-0.25, -0.2) is 14.8 Å². The van der Waals surface area contributed by atoms with Crippen LogP contribution in [-0.2, 0) is 19.8 Å². The molecule has 0 fully saturated rings. The number of hydrogen-bond donors (Lipinski definition) is 0. The largest absolute Gasteiger partial charge is 0.497 e. The number of rotatable bonds is 5. The van der Waals surface area contributed by atoms with E-state index < -0.39 is 11.2 Å². The van der Waals surface area contributed by atoms with Crippen LogP contribution >= 0.6 is 11.8 Å². The van der Waals surface area contributed by atoms with E-state index in [1.165, 1.54) is 28.9 Å². The predicted octanol–water partition coefficient (Wildman–Crippen LogP) is 3.30. The highest BCUT2D eigenvalue weighted by Gasteiger charge is 2.18. The van der Waals surface area contributed by atoms with Crippen molar-refractivity contribution < 1.29 is 4.74 Å². The van der Waals surface area contributed by atoms with Crippen molar-refractivity contribution in [1.82, 2.24) is 19.1 Å². The van der Waals surface area contributed by atoms with Gasteiger partial charge in [0.1, 0.15) is 16.2 Å². The average molecular weight is 435 g/mol. The van der Waals surface area contributed by atoms with Crippen molar-refractivity contribution >= 4 is 22.8 Å². The Morgan fingerprint density at radius 2 is 1.61 bits per heavy atom. The number of thioether (sulfide) groups is 1. The van der Waals surface area contributed by atoms with Crippen molar-refractivity contribution in [2.24, 2.45) is 14.1 Å². The highest BCUT2D eigenvalue weighted by atomic mass is 32.2. The van der Waals surface area contributed by atoms with E-state index in [9.17, 15) is 9.59 Å². The molecular formula is C23H22N4O3S. The Kier molecular flexibility index (Phi) is 5.65.